The Labute approximate surface area is 124 Å². The Bertz CT molecular complexity index is 699. The van der Waals surface area contributed by atoms with Crippen LogP contribution in [0.3, 0.4) is 0 Å². The number of aromatic nitrogens is 4. The molecule has 108 valence electrons. The first-order valence-corrected chi connectivity index (χ1v) is 7.03. The number of benzene rings is 1. The smallest absolute Gasteiger partial charge is 0.130 e. The van der Waals surface area contributed by atoms with E-state index in [2.05, 4.69) is 40.5 Å². The largest absolute Gasteiger partial charge is 0.375 e. The fraction of sp³-hybridized carbons (Fsp3) is 0.250. The van der Waals surface area contributed by atoms with Gasteiger partial charge in [-0.1, -0.05) is 18.2 Å². The highest BCUT2D eigenvalue weighted by molar-refractivity contribution is 5.52. The zero-order valence-corrected chi connectivity index (χ0v) is 12.3. The van der Waals surface area contributed by atoms with Crippen molar-refractivity contribution in [3.63, 3.8) is 0 Å². The molecule has 0 fully saturated rings. The molecule has 3 aromatic rings. The van der Waals surface area contributed by atoms with Gasteiger partial charge in [0.2, 0.25) is 0 Å². The van der Waals surface area contributed by atoms with E-state index >= 15 is 0 Å². The minimum absolute atomic E-state index is 0.142. The van der Waals surface area contributed by atoms with Gasteiger partial charge >= 0.3 is 0 Å². The third kappa shape index (κ3) is 2.97. The molecule has 0 saturated carbocycles. The van der Waals surface area contributed by atoms with Crippen molar-refractivity contribution in [2.24, 2.45) is 7.05 Å². The molecule has 0 spiro atoms. The molecule has 5 heteroatoms. The highest BCUT2D eigenvalue weighted by atomic mass is 15.3. The van der Waals surface area contributed by atoms with Gasteiger partial charge in [-0.05, 0) is 24.6 Å². The zero-order chi connectivity index (χ0) is 14.7. The van der Waals surface area contributed by atoms with Gasteiger partial charge in [0.05, 0.1) is 12.6 Å². The Balaban J connectivity index is 1.81. The molecule has 0 aliphatic rings. The van der Waals surface area contributed by atoms with Crippen LogP contribution in [0.4, 0.5) is 5.69 Å². The quantitative estimate of drug-likeness (QED) is 0.782. The lowest BCUT2D eigenvalue weighted by molar-refractivity contribution is 0.682. The molecule has 21 heavy (non-hydrogen) atoms. The van der Waals surface area contributed by atoms with Crippen LogP contribution < -0.4 is 5.32 Å². The van der Waals surface area contributed by atoms with Gasteiger partial charge in [0.1, 0.15) is 5.82 Å². The molecule has 3 rings (SSSR count). The van der Waals surface area contributed by atoms with Gasteiger partial charge in [0.25, 0.3) is 0 Å². The van der Waals surface area contributed by atoms with E-state index in [-0.39, 0.29) is 6.04 Å². The van der Waals surface area contributed by atoms with Crippen molar-refractivity contribution in [1.82, 2.24) is 19.3 Å². The SMILES string of the molecule is CC(Nc1ccccc1Cn1cccn1)c1nccn1C. The molecule has 1 atom stereocenters. The molecule has 1 N–H and O–H groups in total. The summed E-state index contributed by atoms with van der Waals surface area (Å²) in [7, 11) is 2.01. The number of anilines is 1. The first-order chi connectivity index (χ1) is 10.2. The fourth-order valence-corrected chi connectivity index (χ4v) is 2.46. The summed E-state index contributed by atoms with van der Waals surface area (Å²) in [6.07, 6.45) is 7.55. The molecular formula is C16H19N5. The Morgan fingerprint density at radius 2 is 2.00 bits per heavy atom. The molecule has 0 aliphatic carbocycles. The van der Waals surface area contributed by atoms with Crippen LogP contribution in [0, 0.1) is 0 Å². The van der Waals surface area contributed by atoms with Gasteiger partial charge in [0.15, 0.2) is 0 Å². The van der Waals surface area contributed by atoms with E-state index in [1.165, 1.54) is 5.56 Å². The van der Waals surface area contributed by atoms with Crippen LogP contribution in [0.1, 0.15) is 24.4 Å². The number of para-hydroxylation sites is 1. The van der Waals surface area contributed by atoms with E-state index in [1.54, 1.807) is 6.20 Å². The molecule has 0 amide bonds. The lowest BCUT2D eigenvalue weighted by atomic mass is 10.1. The molecule has 2 heterocycles. The standard InChI is InChI=1S/C16H19N5/c1-13(16-17-9-11-20(16)2)19-15-7-4-3-6-14(15)12-21-10-5-8-18-21/h3-11,13,19H,12H2,1-2H3. The first kappa shape index (κ1) is 13.4. The topological polar surface area (TPSA) is 47.7 Å². The van der Waals surface area contributed by atoms with Crippen molar-refractivity contribution in [3.8, 4) is 0 Å². The second-order valence-corrected chi connectivity index (χ2v) is 5.12. The number of nitrogens with zero attached hydrogens (tertiary/aromatic N) is 4. The minimum atomic E-state index is 0.142. The molecule has 5 nitrogen and oxygen atoms in total. The Hall–Kier alpha value is -2.56. The van der Waals surface area contributed by atoms with E-state index in [0.717, 1.165) is 18.1 Å². The van der Waals surface area contributed by atoms with Gasteiger partial charge in [0, 0.05) is 37.5 Å². The number of imidazole rings is 1. The van der Waals surface area contributed by atoms with Crippen molar-refractivity contribution in [3.05, 3.63) is 66.5 Å². The summed E-state index contributed by atoms with van der Waals surface area (Å²) in [5, 5.41) is 7.81. The number of aryl methyl sites for hydroxylation is 1. The maximum absolute atomic E-state index is 4.40. The highest BCUT2D eigenvalue weighted by Crippen LogP contribution is 2.22. The van der Waals surface area contributed by atoms with Gasteiger partial charge in [-0.25, -0.2) is 4.98 Å². The van der Waals surface area contributed by atoms with Gasteiger partial charge in [-0.15, -0.1) is 0 Å². The van der Waals surface area contributed by atoms with E-state index in [4.69, 9.17) is 0 Å². The van der Waals surface area contributed by atoms with Crippen LogP contribution in [-0.2, 0) is 13.6 Å². The van der Waals surface area contributed by atoms with E-state index in [9.17, 15) is 0 Å². The highest BCUT2D eigenvalue weighted by Gasteiger charge is 2.12. The predicted octanol–water partition coefficient (Wildman–Crippen LogP) is 2.84. The van der Waals surface area contributed by atoms with Crippen molar-refractivity contribution >= 4 is 5.69 Å². The Morgan fingerprint density at radius 3 is 2.71 bits per heavy atom. The van der Waals surface area contributed by atoms with Gasteiger partial charge in [-0.2, -0.15) is 5.10 Å². The van der Waals surface area contributed by atoms with E-state index in [0.29, 0.717) is 0 Å². The van der Waals surface area contributed by atoms with Crippen LogP contribution in [0.15, 0.2) is 55.1 Å². The van der Waals surface area contributed by atoms with Crippen molar-refractivity contribution in [2.45, 2.75) is 19.5 Å². The van der Waals surface area contributed by atoms with Crippen LogP contribution in [0.5, 0.6) is 0 Å². The summed E-state index contributed by atoms with van der Waals surface area (Å²) < 4.78 is 3.96. The van der Waals surface area contributed by atoms with E-state index in [1.807, 2.05) is 47.0 Å². The zero-order valence-electron chi connectivity index (χ0n) is 12.3. The Morgan fingerprint density at radius 1 is 1.14 bits per heavy atom. The van der Waals surface area contributed by atoms with E-state index < -0.39 is 0 Å². The second kappa shape index (κ2) is 5.83. The summed E-state index contributed by atoms with van der Waals surface area (Å²) in [4.78, 5) is 4.40. The van der Waals surface area contributed by atoms with Crippen LogP contribution in [-0.4, -0.2) is 19.3 Å². The third-order valence-electron chi connectivity index (χ3n) is 3.53. The summed E-state index contributed by atoms with van der Waals surface area (Å²) in [6, 6.07) is 10.4. The summed E-state index contributed by atoms with van der Waals surface area (Å²) >= 11 is 0. The molecule has 0 radical (unpaired) electrons. The predicted molar refractivity (Wildman–Crippen MR) is 83.0 cm³/mol. The lowest BCUT2D eigenvalue weighted by Crippen LogP contribution is -2.13. The molecule has 1 aromatic carbocycles. The van der Waals surface area contributed by atoms with Crippen LogP contribution >= 0.6 is 0 Å². The average molecular weight is 281 g/mol. The van der Waals surface area contributed by atoms with Gasteiger partial charge in [-0.3, -0.25) is 4.68 Å². The molecule has 2 aromatic heterocycles. The number of hydrogen-bond donors (Lipinski definition) is 1. The van der Waals surface area contributed by atoms with Crippen LogP contribution in [0.2, 0.25) is 0 Å². The van der Waals surface area contributed by atoms with Gasteiger partial charge < -0.3 is 9.88 Å². The fourth-order valence-electron chi connectivity index (χ4n) is 2.46. The minimum Gasteiger partial charge on any atom is -0.375 e. The number of hydrogen-bond acceptors (Lipinski definition) is 3. The average Bonchev–Trinajstić information content (AvgIpc) is 3.12. The summed E-state index contributed by atoms with van der Waals surface area (Å²) in [6.45, 7) is 2.87. The normalized spacial score (nSPS) is 12.3. The van der Waals surface area contributed by atoms with Crippen molar-refractivity contribution < 1.29 is 0 Å². The monoisotopic (exact) mass is 281 g/mol. The molecule has 0 saturated heterocycles. The van der Waals surface area contributed by atoms with Crippen molar-refractivity contribution in [1.29, 1.82) is 0 Å². The van der Waals surface area contributed by atoms with Crippen LogP contribution in [0.25, 0.3) is 0 Å². The Kier molecular flexibility index (Phi) is 3.73. The van der Waals surface area contributed by atoms with Crippen molar-refractivity contribution in [2.75, 3.05) is 5.32 Å². The number of nitrogens with one attached hydrogen (secondary N) is 1. The maximum atomic E-state index is 4.40. The summed E-state index contributed by atoms with van der Waals surface area (Å²) in [5.74, 6) is 1.02. The lowest BCUT2D eigenvalue weighted by Gasteiger charge is -2.18. The maximum Gasteiger partial charge on any atom is 0.130 e. The molecule has 0 aliphatic heterocycles. The second-order valence-electron chi connectivity index (χ2n) is 5.12. The first-order valence-electron chi connectivity index (χ1n) is 7.03. The number of rotatable bonds is 5. The molecule has 1 unspecified atom stereocenters. The summed E-state index contributed by atoms with van der Waals surface area (Å²) in [5.41, 5.74) is 2.32. The molecule has 0 bridgehead atoms. The third-order valence-corrected chi connectivity index (χ3v) is 3.53. The molecular weight excluding hydrogens is 262 g/mol.